The summed E-state index contributed by atoms with van der Waals surface area (Å²) in [5.74, 6) is 0. The molecule has 0 saturated heterocycles. The van der Waals surface area contributed by atoms with Crippen LogP contribution in [-0.2, 0) is 12.6 Å². The summed E-state index contributed by atoms with van der Waals surface area (Å²) in [6, 6.07) is 1.05. The highest BCUT2D eigenvalue weighted by atomic mass is 79.9. The highest BCUT2D eigenvalue weighted by molar-refractivity contribution is 9.10. The highest BCUT2D eigenvalue weighted by Crippen LogP contribution is 2.32. The summed E-state index contributed by atoms with van der Waals surface area (Å²) in [5.41, 5.74) is -0.583. The minimum Gasteiger partial charge on any atom is -0.260 e. The first kappa shape index (κ1) is 10.5. The number of nitrogens with zero attached hydrogens (tertiary/aromatic N) is 1. The maximum Gasteiger partial charge on any atom is 0.418 e. The van der Waals surface area contributed by atoms with Gasteiger partial charge in [-0.3, -0.25) is 4.98 Å². The Bertz CT molecular complexity index is 309. The molecular formula is C8H7BrF3N. The zero-order valence-electron chi connectivity index (χ0n) is 6.82. The second-order valence-corrected chi connectivity index (χ2v) is 3.41. The van der Waals surface area contributed by atoms with E-state index in [1.54, 1.807) is 6.92 Å². The van der Waals surface area contributed by atoms with Crippen LogP contribution in [0.25, 0.3) is 0 Å². The Hall–Kier alpha value is -0.580. The van der Waals surface area contributed by atoms with Gasteiger partial charge in [0, 0.05) is 10.7 Å². The number of pyridine rings is 1. The molecule has 0 aliphatic rings. The lowest BCUT2D eigenvalue weighted by molar-refractivity contribution is -0.138. The predicted octanol–water partition coefficient (Wildman–Crippen LogP) is 3.43. The summed E-state index contributed by atoms with van der Waals surface area (Å²) in [5, 5.41) is 0. The molecule has 0 amide bonds. The predicted molar refractivity (Wildman–Crippen MR) is 46.3 cm³/mol. The van der Waals surface area contributed by atoms with Crippen molar-refractivity contribution in [3.8, 4) is 0 Å². The van der Waals surface area contributed by atoms with Crippen molar-refractivity contribution < 1.29 is 13.2 Å². The van der Waals surface area contributed by atoms with Gasteiger partial charge in [0.2, 0.25) is 0 Å². The molecule has 1 heterocycles. The van der Waals surface area contributed by atoms with Crippen LogP contribution in [-0.4, -0.2) is 4.98 Å². The highest BCUT2D eigenvalue weighted by Gasteiger charge is 2.33. The van der Waals surface area contributed by atoms with E-state index < -0.39 is 11.7 Å². The van der Waals surface area contributed by atoms with Gasteiger partial charge in [0.15, 0.2) is 0 Å². The molecule has 1 nitrogen and oxygen atoms in total. The van der Waals surface area contributed by atoms with Crippen molar-refractivity contribution in [2.45, 2.75) is 19.5 Å². The number of halogens is 4. The molecule has 0 atom stereocenters. The summed E-state index contributed by atoms with van der Waals surface area (Å²) in [6.45, 7) is 1.64. The molecule has 0 aromatic carbocycles. The largest absolute Gasteiger partial charge is 0.418 e. The number of aryl methyl sites for hydroxylation is 1. The van der Waals surface area contributed by atoms with E-state index in [0.29, 0.717) is 4.47 Å². The van der Waals surface area contributed by atoms with Gasteiger partial charge < -0.3 is 0 Å². The number of aromatic nitrogens is 1. The SMILES string of the molecule is CCc1ncc(Br)cc1C(F)(F)F. The lowest BCUT2D eigenvalue weighted by Gasteiger charge is -2.10. The molecular weight excluding hydrogens is 247 g/mol. The molecule has 0 fully saturated rings. The molecule has 0 saturated carbocycles. The minimum atomic E-state index is -4.32. The van der Waals surface area contributed by atoms with Crippen LogP contribution in [0.2, 0.25) is 0 Å². The van der Waals surface area contributed by atoms with Crippen molar-refractivity contribution >= 4 is 15.9 Å². The van der Waals surface area contributed by atoms with Crippen LogP contribution in [0.3, 0.4) is 0 Å². The third kappa shape index (κ3) is 2.43. The Kier molecular flexibility index (Phi) is 2.95. The van der Waals surface area contributed by atoms with Crippen molar-refractivity contribution in [2.75, 3.05) is 0 Å². The van der Waals surface area contributed by atoms with Gasteiger partial charge in [-0.15, -0.1) is 0 Å². The van der Waals surface area contributed by atoms with Crippen molar-refractivity contribution in [1.29, 1.82) is 0 Å². The summed E-state index contributed by atoms with van der Waals surface area (Å²) < 4.78 is 37.4. The van der Waals surface area contributed by atoms with E-state index in [-0.39, 0.29) is 12.1 Å². The Labute approximate surface area is 82.1 Å². The molecule has 0 radical (unpaired) electrons. The lowest BCUT2D eigenvalue weighted by Crippen LogP contribution is -2.10. The third-order valence-electron chi connectivity index (χ3n) is 1.58. The number of alkyl halides is 3. The van der Waals surface area contributed by atoms with Crippen molar-refractivity contribution in [3.05, 3.63) is 28.0 Å². The number of hydrogen-bond acceptors (Lipinski definition) is 1. The number of rotatable bonds is 1. The topological polar surface area (TPSA) is 12.9 Å². The summed E-state index contributed by atoms with van der Waals surface area (Å²) in [6.07, 6.45) is -2.67. The molecule has 13 heavy (non-hydrogen) atoms. The van der Waals surface area contributed by atoms with Crippen molar-refractivity contribution in [1.82, 2.24) is 4.98 Å². The van der Waals surface area contributed by atoms with Crippen LogP contribution in [0.15, 0.2) is 16.7 Å². The Morgan fingerprint density at radius 1 is 1.46 bits per heavy atom. The van der Waals surface area contributed by atoms with E-state index in [2.05, 4.69) is 20.9 Å². The van der Waals surface area contributed by atoms with Gasteiger partial charge in [0.25, 0.3) is 0 Å². The van der Waals surface area contributed by atoms with Crippen LogP contribution >= 0.6 is 15.9 Å². The summed E-state index contributed by atoms with van der Waals surface area (Å²) in [7, 11) is 0. The fraction of sp³-hybridized carbons (Fsp3) is 0.375. The summed E-state index contributed by atoms with van der Waals surface area (Å²) >= 11 is 2.96. The normalized spacial score (nSPS) is 11.8. The maximum atomic E-state index is 12.4. The van der Waals surface area contributed by atoms with Crippen molar-refractivity contribution in [2.24, 2.45) is 0 Å². The lowest BCUT2D eigenvalue weighted by atomic mass is 10.1. The molecule has 0 unspecified atom stereocenters. The van der Waals surface area contributed by atoms with Crippen LogP contribution in [0.5, 0.6) is 0 Å². The van der Waals surface area contributed by atoms with Crippen LogP contribution in [0.1, 0.15) is 18.2 Å². The second-order valence-electron chi connectivity index (χ2n) is 2.50. The molecule has 0 aliphatic carbocycles. The third-order valence-corrected chi connectivity index (χ3v) is 2.01. The van der Waals surface area contributed by atoms with Gasteiger partial charge >= 0.3 is 6.18 Å². The van der Waals surface area contributed by atoms with Gasteiger partial charge in [-0.2, -0.15) is 13.2 Å². The zero-order valence-corrected chi connectivity index (χ0v) is 8.41. The Morgan fingerprint density at radius 2 is 2.08 bits per heavy atom. The molecule has 0 aliphatic heterocycles. The molecule has 0 N–H and O–H groups in total. The van der Waals surface area contributed by atoms with Gasteiger partial charge in [0.1, 0.15) is 0 Å². The zero-order chi connectivity index (χ0) is 10.1. The van der Waals surface area contributed by atoms with Crippen LogP contribution in [0, 0.1) is 0 Å². The molecule has 0 bridgehead atoms. The Morgan fingerprint density at radius 3 is 2.54 bits per heavy atom. The summed E-state index contributed by atoms with van der Waals surface area (Å²) in [4.78, 5) is 3.70. The first-order chi connectivity index (χ1) is 5.95. The van der Waals surface area contributed by atoms with E-state index in [1.807, 2.05) is 0 Å². The molecule has 1 aromatic rings. The molecule has 1 rings (SSSR count). The maximum absolute atomic E-state index is 12.4. The standard InChI is InChI=1S/C8H7BrF3N/c1-2-7-6(8(10,11)12)3-5(9)4-13-7/h3-4H,2H2,1H3. The average Bonchev–Trinajstić information content (AvgIpc) is 2.03. The smallest absolute Gasteiger partial charge is 0.260 e. The van der Waals surface area contributed by atoms with Crippen LogP contribution < -0.4 is 0 Å². The molecule has 72 valence electrons. The average molecular weight is 254 g/mol. The van der Waals surface area contributed by atoms with Crippen molar-refractivity contribution in [3.63, 3.8) is 0 Å². The second kappa shape index (κ2) is 3.65. The van der Waals surface area contributed by atoms with Gasteiger partial charge in [-0.05, 0) is 28.4 Å². The van der Waals surface area contributed by atoms with E-state index >= 15 is 0 Å². The number of hydrogen-bond donors (Lipinski definition) is 0. The van der Waals surface area contributed by atoms with E-state index in [9.17, 15) is 13.2 Å². The molecule has 5 heteroatoms. The van der Waals surface area contributed by atoms with Gasteiger partial charge in [0.05, 0.1) is 11.3 Å². The van der Waals surface area contributed by atoms with E-state index in [4.69, 9.17) is 0 Å². The van der Waals surface area contributed by atoms with Gasteiger partial charge in [-0.25, -0.2) is 0 Å². The fourth-order valence-electron chi connectivity index (χ4n) is 0.995. The first-order valence-electron chi connectivity index (χ1n) is 3.66. The molecule has 0 spiro atoms. The Balaban J connectivity index is 3.24. The monoisotopic (exact) mass is 253 g/mol. The fourth-order valence-corrected chi connectivity index (χ4v) is 1.33. The van der Waals surface area contributed by atoms with E-state index in [0.717, 1.165) is 6.07 Å². The van der Waals surface area contributed by atoms with Gasteiger partial charge in [-0.1, -0.05) is 6.92 Å². The quantitative estimate of drug-likeness (QED) is 0.748. The molecule has 1 aromatic heterocycles. The van der Waals surface area contributed by atoms with Crippen LogP contribution in [0.4, 0.5) is 13.2 Å². The first-order valence-corrected chi connectivity index (χ1v) is 4.46. The van der Waals surface area contributed by atoms with E-state index in [1.165, 1.54) is 6.20 Å². The minimum absolute atomic E-state index is 0.0794.